The number of aryl methyl sites for hydroxylation is 2. The standard InChI is InChI=1S/C15H26BrN3O/c1-4-12-15(16)14(19(5-2)18-12)9-13(17-3)11-7-6-8-20-10-11/h11,13,17H,4-10H2,1-3H3. The van der Waals surface area contributed by atoms with Crippen LogP contribution in [0.2, 0.25) is 0 Å². The van der Waals surface area contributed by atoms with Crippen LogP contribution in [-0.4, -0.2) is 36.1 Å². The fraction of sp³-hybridized carbons (Fsp3) is 0.800. The summed E-state index contributed by atoms with van der Waals surface area (Å²) in [5.41, 5.74) is 2.48. The van der Waals surface area contributed by atoms with Crippen LogP contribution in [0.15, 0.2) is 4.47 Å². The SMILES string of the molecule is CCc1nn(CC)c(CC(NC)C2CCCOC2)c1Br. The molecule has 1 aliphatic heterocycles. The van der Waals surface area contributed by atoms with Crippen molar-refractivity contribution in [3.8, 4) is 0 Å². The predicted molar refractivity (Wildman–Crippen MR) is 85.1 cm³/mol. The lowest BCUT2D eigenvalue weighted by Crippen LogP contribution is -2.40. The Morgan fingerprint density at radius 2 is 2.30 bits per heavy atom. The molecule has 2 unspecified atom stereocenters. The summed E-state index contributed by atoms with van der Waals surface area (Å²) < 4.78 is 8.97. The average molecular weight is 344 g/mol. The number of rotatable bonds is 6. The van der Waals surface area contributed by atoms with Crippen molar-refractivity contribution in [1.82, 2.24) is 15.1 Å². The monoisotopic (exact) mass is 343 g/mol. The highest BCUT2D eigenvalue weighted by Gasteiger charge is 2.26. The first-order chi connectivity index (χ1) is 9.71. The van der Waals surface area contributed by atoms with Crippen LogP contribution >= 0.6 is 15.9 Å². The molecule has 0 spiro atoms. The van der Waals surface area contributed by atoms with E-state index < -0.39 is 0 Å². The van der Waals surface area contributed by atoms with E-state index in [4.69, 9.17) is 4.74 Å². The molecule has 2 rings (SSSR count). The second kappa shape index (κ2) is 7.57. The van der Waals surface area contributed by atoms with Gasteiger partial charge < -0.3 is 10.1 Å². The van der Waals surface area contributed by atoms with Crippen molar-refractivity contribution in [3.05, 3.63) is 15.9 Å². The van der Waals surface area contributed by atoms with Crippen molar-refractivity contribution in [3.63, 3.8) is 0 Å². The minimum Gasteiger partial charge on any atom is -0.381 e. The van der Waals surface area contributed by atoms with Crippen LogP contribution in [0.25, 0.3) is 0 Å². The number of ether oxygens (including phenoxy) is 1. The molecule has 4 nitrogen and oxygen atoms in total. The van der Waals surface area contributed by atoms with Crippen molar-refractivity contribution in [1.29, 1.82) is 0 Å². The van der Waals surface area contributed by atoms with Gasteiger partial charge in [0, 0.05) is 25.6 Å². The van der Waals surface area contributed by atoms with Gasteiger partial charge in [-0.3, -0.25) is 4.68 Å². The van der Waals surface area contributed by atoms with Gasteiger partial charge in [-0.1, -0.05) is 6.92 Å². The lowest BCUT2D eigenvalue weighted by Gasteiger charge is -2.30. The van der Waals surface area contributed by atoms with Gasteiger partial charge in [-0.05, 0) is 55.1 Å². The Bertz CT molecular complexity index is 427. The number of likely N-dealkylation sites (N-methyl/N-ethyl adjacent to an activating group) is 1. The Labute approximate surface area is 130 Å². The van der Waals surface area contributed by atoms with Crippen molar-refractivity contribution in [2.75, 3.05) is 20.3 Å². The van der Waals surface area contributed by atoms with Crippen LogP contribution in [-0.2, 0) is 24.1 Å². The first-order valence-electron chi connectivity index (χ1n) is 7.70. The summed E-state index contributed by atoms with van der Waals surface area (Å²) >= 11 is 3.74. The molecule has 1 saturated heterocycles. The zero-order valence-electron chi connectivity index (χ0n) is 12.8. The Kier molecular flexibility index (Phi) is 6.05. The maximum atomic E-state index is 5.64. The first-order valence-corrected chi connectivity index (χ1v) is 8.49. The van der Waals surface area contributed by atoms with Gasteiger partial charge in [-0.25, -0.2) is 0 Å². The molecule has 1 aromatic rings. The summed E-state index contributed by atoms with van der Waals surface area (Å²) in [6.07, 6.45) is 4.41. The molecule has 2 atom stereocenters. The Balaban J connectivity index is 2.15. The molecule has 0 aliphatic carbocycles. The fourth-order valence-electron chi connectivity index (χ4n) is 3.01. The van der Waals surface area contributed by atoms with Crippen LogP contribution in [0, 0.1) is 5.92 Å². The topological polar surface area (TPSA) is 39.1 Å². The molecule has 5 heteroatoms. The van der Waals surface area contributed by atoms with E-state index in [1.165, 1.54) is 23.0 Å². The first kappa shape index (κ1) is 16.0. The van der Waals surface area contributed by atoms with E-state index in [9.17, 15) is 0 Å². The average Bonchev–Trinajstić information content (AvgIpc) is 2.81. The van der Waals surface area contributed by atoms with Crippen LogP contribution in [0.3, 0.4) is 0 Å². The van der Waals surface area contributed by atoms with E-state index >= 15 is 0 Å². The zero-order chi connectivity index (χ0) is 14.5. The van der Waals surface area contributed by atoms with E-state index in [0.29, 0.717) is 12.0 Å². The van der Waals surface area contributed by atoms with E-state index in [1.807, 2.05) is 0 Å². The second-order valence-electron chi connectivity index (χ2n) is 5.45. The van der Waals surface area contributed by atoms with Crippen LogP contribution in [0.4, 0.5) is 0 Å². The zero-order valence-corrected chi connectivity index (χ0v) is 14.4. The third-order valence-electron chi connectivity index (χ3n) is 4.24. The molecule has 0 saturated carbocycles. The lowest BCUT2D eigenvalue weighted by molar-refractivity contribution is 0.0402. The van der Waals surface area contributed by atoms with Gasteiger partial charge in [-0.2, -0.15) is 5.10 Å². The second-order valence-corrected chi connectivity index (χ2v) is 6.25. The number of nitrogens with zero attached hydrogens (tertiary/aromatic N) is 2. The maximum Gasteiger partial charge on any atom is 0.0766 e. The minimum absolute atomic E-state index is 0.457. The number of halogens is 1. The van der Waals surface area contributed by atoms with E-state index in [2.05, 4.69) is 51.9 Å². The van der Waals surface area contributed by atoms with E-state index in [1.54, 1.807) is 0 Å². The fourth-order valence-corrected chi connectivity index (χ4v) is 3.73. The van der Waals surface area contributed by atoms with E-state index in [-0.39, 0.29) is 0 Å². The largest absolute Gasteiger partial charge is 0.381 e. The number of hydrogen-bond acceptors (Lipinski definition) is 3. The summed E-state index contributed by atoms with van der Waals surface area (Å²) in [6, 6.07) is 0.457. The Morgan fingerprint density at radius 3 is 2.85 bits per heavy atom. The third kappa shape index (κ3) is 3.43. The molecule has 1 aliphatic rings. The number of hydrogen-bond donors (Lipinski definition) is 1. The van der Waals surface area contributed by atoms with Crippen LogP contribution in [0.5, 0.6) is 0 Å². The van der Waals surface area contributed by atoms with Crippen molar-refractivity contribution >= 4 is 15.9 Å². The summed E-state index contributed by atoms with van der Waals surface area (Å²) in [5, 5.41) is 8.17. The quantitative estimate of drug-likeness (QED) is 0.863. The van der Waals surface area contributed by atoms with Gasteiger partial charge in [0.15, 0.2) is 0 Å². The highest BCUT2D eigenvalue weighted by molar-refractivity contribution is 9.10. The van der Waals surface area contributed by atoms with Gasteiger partial charge >= 0.3 is 0 Å². The molecule has 0 radical (unpaired) electrons. The lowest BCUT2D eigenvalue weighted by atomic mass is 9.90. The number of aromatic nitrogens is 2. The smallest absolute Gasteiger partial charge is 0.0766 e. The van der Waals surface area contributed by atoms with Crippen molar-refractivity contribution in [2.24, 2.45) is 5.92 Å². The molecule has 114 valence electrons. The van der Waals surface area contributed by atoms with Crippen molar-refractivity contribution in [2.45, 2.75) is 52.1 Å². The molecule has 0 aromatic carbocycles. The summed E-state index contributed by atoms with van der Waals surface area (Å²) in [6.45, 7) is 7.03. The molecule has 1 fully saturated rings. The highest BCUT2D eigenvalue weighted by atomic mass is 79.9. The molecule has 1 aromatic heterocycles. The van der Waals surface area contributed by atoms with Crippen LogP contribution in [0.1, 0.15) is 38.1 Å². The van der Waals surface area contributed by atoms with Gasteiger partial charge in [0.1, 0.15) is 0 Å². The molecule has 2 heterocycles. The molecule has 0 bridgehead atoms. The summed E-state index contributed by atoms with van der Waals surface area (Å²) in [7, 11) is 2.06. The molecule has 1 N–H and O–H groups in total. The highest BCUT2D eigenvalue weighted by Crippen LogP contribution is 2.26. The Hall–Kier alpha value is -0.390. The number of nitrogens with one attached hydrogen (secondary N) is 1. The maximum absolute atomic E-state index is 5.64. The van der Waals surface area contributed by atoms with Gasteiger partial charge in [0.2, 0.25) is 0 Å². The van der Waals surface area contributed by atoms with Crippen molar-refractivity contribution < 1.29 is 4.74 Å². The van der Waals surface area contributed by atoms with Crippen LogP contribution < -0.4 is 5.32 Å². The summed E-state index contributed by atoms with van der Waals surface area (Å²) in [4.78, 5) is 0. The summed E-state index contributed by atoms with van der Waals surface area (Å²) in [5.74, 6) is 0.603. The van der Waals surface area contributed by atoms with Gasteiger partial charge in [0.25, 0.3) is 0 Å². The molecular formula is C15H26BrN3O. The van der Waals surface area contributed by atoms with Gasteiger partial charge in [0.05, 0.1) is 22.5 Å². The Morgan fingerprint density at radius 1 is 1.50 bits per heavy atom. The predicted octanol–water partition coefficient (Wildman–Crippen LogP) is 2.79. The molecule has 20 heavy (non-hydrogen) atoms. The van der Waals surface area contributed by atoms with E-state index in [0.717, 1.165) is 38.3 Å². The van der Waals surface area contributed by atoms with Gasteiger partial charge in [-0.15, -0.1) is 0 Å². The normalized spacial score (nSPS) is 21.1. The molecular weight excluding hydrogens is 318 g/mol. The molecule has 0 amide bonds. The minimum atomic E-state index is 0.457. The third-order valence-corrected chi connectivity index (χ3v) is 5.16.